The van der Waals surface area contributed by atoms with E-state index in [1.54, 1.807) is 4.90 Å². The number of hydrogen-bond acceptors (Lipinski definition) is 3. The summed E-state index contributed by atoms with van der Waals surface area (Å²) >= 11 is 3.48. The molecule has 0 bridgehead atoms. The average Bonchev–Trinajstić information content (AvgIpc) is 2.35. The number of nitrogens with two attached hydrogens (primary N) is 1. The van der Waals surface area contributed by atoms with Gasteiger partial charge in [0, 0.05) is 24.1 Å². The average molecular weight is 299 g/mol. The Kier molecular flexibility index (Phi) is 4.15. The molecular formula is C12H15BrN2O2. The van der Waals surface area contributed by atoms with E-state index in [0.29, 0.717) is 19.6 Å². The van der Waals surface area contributed by atoms with E-state index in [-0.39, 0.29) is 18.6 Å². The van der Waals surface area contributed by atoms with E-state index in [4.69, 9.17) is 10.5 Å². The van der Waals surface area contributed by atoms with Gasteiger partial charge in [-0.2, -0.15) is 0 Å². The third kappa shape index (κ3) is 3.06. The molecule has 1 aromatic carbocycles. The van der Waals surface area contributed by atoms with Gasteiger partial charge >= 0.3 is 0 Å². The second kappa shape index (κ2) is 5.62. The lowest BCUT2D eigenvalue weighted by Crippen LogP contribution is -2.48. The van der Waals surface area contributed by atoms with Gasteiger partial charge in [0.05, 0.1) is 6.10 Å². The van der Waals surface area contributed by atoms with Gasteiger partial charge in [-0.3, -0.25) is 4.79 Å². The van der Waals surface area contributed by atoms with Crippen molar-refractivity contribution in [2.24, 2.45) is 5.73 Å². The van der Waals surface area contributed by atoms with Crippen LogP contribution in [0.25, 0.3) is 0 Å². The third-order valence-corrected chi connectivity index (χ3v) is 3.57. The van der Waals surface area contributed by atoms with Crippen molar-refractivity contribution in [3.63, 3.8) is 0 Å². The maximum Gasteiger partial charge on any atom is 0.248 e. The Morgan fingerprint density at radius 2 is 2.24 bits per heavy atom. The van der Waals surface area contributed by atoms with Crippen molar-refractivity contribution in [3.05, 3.63) is 34.3 Å². The monoisotopic (exact) mass is 298 g/mol. The first-order chi connectivity index (χ1) is 8.20. The summed E-state index contributed by atoms with van der Waals surface area (Å²) in [5.74, 6) is 0.0189. The number of nitrogens with zero attached hydrogens (tertiary/aromatic N) is 1. The number of morpholine rings is 1. The number of carbonyl (C=O) groups is 1. The summed E-state index contributed by atoms with van der Waals surface area (Å²) in [7, 11) is 0. The minimum Gasteiger partial charge on any atom is -0.365 e. The van der Waals surface area contributed by atoms with Crippen LogP contribution >= 0.6 is 15.9 Å². The molecule has 2 rings (SSSR count). The van der Waals surface area contributed by atoms with Crippen LogP contribution in [0.15, 0.2) is 28.7 Å². The summed E-state index contributed by atoms with van der Waals surface area (Å²) in [5, 5.41) is 0. The number of benzene rings is 1. The number of rotatable bonds is 3. The van der Waals surface area contributed by atoms with Gasteiger partial charge in [0.15, 0.2) is 0 Å². The zero-order valence-electron chi connectivity index (χ0n) is 9.43. The van der Waals surface area contributed by atoms with Gasteiger partial charge in [-0.25, -0.2) is 0 Å². The van der Waals surface area contributed by atoms with Gasteiger partial charge in [-0.15, -0.1) is 0 Å². The van der Waals surface area contributed by atoms with Crippen LogP contribution in [0.3, 0.4) is 0 Å². The summed E-state index contributed by atoms with van der Waals surface area (Å²) in [6.45, 7) is 1.74. The Morgan fingerprint density at radius 1 is 1.47 bits per heavy atom. The highest BCUT2D eigenvalue weighted by atomic mass is 79.9. The molecule has 1 saturated heterocycles. The minimum atomic E-state index is -0.0461. The molecule has 0 radical (unpaired) electrons. The van der Waals surface area contributed by atoms with Gasteiger partial charge < -0.3 is 15.4 Å². The molecule has 1 atom stereocenters. The zero-order chi connectivity index (χ0) is 12.3. The summed E-state index contributed by atoms with van der Waals surface area (Å²) < 4.78 is 6.33. The molecule has 1 heterocycles. The highest BCUT2D eigenvalue weighted by molar-refractivity contribution is 9.10. The normalized spacial score (nSPS) is 20.7. The Hall–Kier alpha value is -0.910. The molecule has 5 heteroatoms. The van der Waals surface area contributed by atoms with Crippen LogP contribution in [0.2, 0.25) is 0 Å². The van der Waals surface area contributed by atoms with Gasteiger partial charge in [-0.1, -0.05) is 34.1 Å². The van der Waals surface area contributed by atoms with E-state index in [1.807, 2.05) is 24.3 Å². The molecule has 1 aromatic rings. The highest BCUT2D eigenvalue weighted by Crippen LogP contribution is 2.19. The van der Waals surface area contributed by atoms with Crippen molar-refractivity contribution < 1.29 is 9.53 Å². The molecule has 0 aliphatic carbocycles. The highest BCUT2D eigenvalue weighted by Gasteiger charge is 2.25. The molecule has 0 spiro atoms. The Bertz CT molecular complexity index is 411. The number of halogens is 1. The molecule has 2 N–H and O–H groups in total. The number of carbonyl (C=O) groups excluding carboxylic acids is 1. The molecule has 1 unspecified atom stereocenters. The van der Waals surface area contributed by atoms with Crippen molar-refractivity contribution >= 4 is 21.8 Å². The number of hydrogen-bond donors (Lipinski definition) is 1. The van der Waals surface area contributed by atoms with E-state index >= 15 is 0 Å². The van der Waals surface area contributed by atoms with Crippen LogP contribution < -0.4 is 5.73 Å². The van der Waals surface area contributed by atoms with Crippen molar-refractivity contribution in [2.45, 2.75) is 12.6 Å². The zero-order valence-corrected chi connectivity index (χ0v) is 11.0. The van der Waals surface area contributed by atoms with E-state index in [2.05, 4.69) is 15.9 Å². The lowest BCUT2D eigenvalue weighted by atomic mass is 10.2. The Labute approximate surface area is 109 Å². The second-order valence-corrected chi connectivity index (χ2v) is 4.89. The standard InChI is InChI=1S/C12H15BrN2O2/c13-11-4-2-1-3-9(11)6-15-7-10(5-14)17-8-12(15)16/h1-4,10H,5-8,14H2. The Balaban J connectivity index is 2.07. The largest absolute Gasteiger partial charge is 0.365 e. The van der Waals surface area contributed by atoms with E-state index in [9.17, 15) is 4.79 Å². The lowest BCUT2D eigenvalue weighted by Gasteiger charge is -2.32. The summed E-state index contributed by atoms with van der Waals surface area (Å²) in [6.07, 6.45) is -0.0461. The predicted molar refractivity (Wildman–Crippen MR) is 68.4 cm³/mol. The van der Waals surface area contributed by atoms with Gasteiger partial charge in [0.2, 0.25) is 5.91 Å². The topological polar surface area (TPSA) is 55.6 Å². The maximum absolute atomic E-state index is 11.7. The van der Waals surface area contributed by atoms with Crippen molar-refractivity contribution in [1.82, 2.24) is 4.90 Å². The van der Waals surface area contributed by atoms with Crippen molar-refractivity contribution in [1.29, 1.82) is 0 Å². The fourth-order valence-corrected chi connectivity index (χ4v) is 2.22. The van der Waals surface area contributed by atoms with Gasteiger partial charge in [0.25, 0.3) is 0 Å². The first kappa shape index (κ1) is 12.5. The Morgan fingerprint density at radius 3 is 2.94 bits per heavy atom. The quantitative estimate of drug-likeness (QED) is 0.910. The lowest BCUT2D eigenvalue weighted by molar-refractivity contribution is -0.149. The van der Waals surface area contributed by atoms with Crippen LogP contribution in [0, 0.1) is 0 Å². The third-order valence-electron chi connectivity index (χ3n) is 2.80. The van der Waals surface area contributed by atoms with Crippen LogP contribution in [-0.4, -0.2) is 36.6 Å². The van der Waals surface area contributed by atoms with E-state index in [0.717, 1.165) is 10.0 Å². The van der Waals surface area contributed by atoms with Crippen LogP contribution in [0.4, 0.5) is 0 Å². The summed E-state index contributed by atoms with van der Waals surface area (Å²) in [6, 6.07) is 7.90. The fraction of sp³-hybridized carbons (Fsp3) is 0.417. The van der Waals surface area contributed by atoms with E-state index < -0.39 is 0 Å². The molecule has 4 nitrogen and oxygen atoms in total. The van der Waals surface area contributed by atoms with Crippen molar-refractivity contribution in [3.8, 4) is 0 Å². The first-order valence-corrected chi connectivity index (χ1v) is 6.33. The summed E-state index contributed by atoms with van der Waals surface area (Å²) in [4.78, 5) is 13.5. The van der Waals surface area contributed by atoms with Crippen LogP contribution in [-0.2, 0) is 16.1 Å². The molecule has 1 aliphatic heterocycles. The predicted octanol–water partition coefficient (Wildman–Crippen LogP) is 1.14. The molecule has 0 saturated carbocycles. The van der Waals surface area contributed by atoms with Crippen molar-refractivity contribution in [2.75, 3.05) is 19.7 Å². The van der Waals surface area contributed by atoms with Crippen LogP contribution in [0.5, 0.6) is 0 Å². The molecule has 0 aromatic heterocycles. The SMILES string of the molecule is NCC1CN(Cc2ccccc2Br)C(=O)CO1. The molecule has 1 aliphatic rings. The number of amides is 1. The van der Waals surface area contributed by atoms with E-state index in [1.165, 1.54) is 0 Å². The van der Waals surface area contributed by atoms with Crippen LogP contribution in [0.1, 0.15) is 5.56 Å². The fourth-order valence-electron chi connectivity index (χ4n) is 1.81. The molecular weight excluding hydrogens is 284 g/mol. The van der Waals surface area contributed by atoms with Gasteiger partial charge in [0.1, 0.15) is 6.61 Å². The molecule has 17 heavy (non-hydrogen) atoms. The number of ether oxygens (including phenoxy) is 1. The molecule has 1 amide bonds. The first-order valence-electron chi connectivity index (χ1n) is 5.53. The maximum atomic E-state index is 11.7. The second-order valence-electron chi connectivity index (χ2n) is 4.03. The summed E-state index contributed by atoms with van der Waals surface area (Å²) in [5.41, 5.74) is 6.66. The minimum absolute atomic E-state index is 0.0189. The molecule has 1 fully saturated rings. The molecule has 92 valence electrons. The smallest absolute Gasteiger partial charge is 0.248 e. The van der Waals surface area contributed by atoms with Gasteiger partial charge in [-0.05, 0) is 11.6 Å².